The molecule has 0 heterocycles. The van der Waals surface area contributed by atoms with E-state index in [1.807, 2.05) is 48.5 Å². The van der Waals surface area contributed by atoms with Gasteiger partial charge in [-0.1, -0.05) is 23.7 Å². The van der Waals surface area contributed by atoms with Crippen molar-refractivity contribution >= 4 is 47.4 Å². The SMILES string of the molecule is Cl.Nc1ccc(CCNC(=O)CCCSc2ccc(Cl)cc2)cc1. The normalized spacial score (nSPS) is 10.0. The summed E-state index contributed by atoms with van der Waals surface area (Å²) < 4.78 is 0. The molecule has 0 aliphatic carbocycles. The van der Waals surface area contributed by atoms with Crippen LogP contribution in [0.2, 0.25) is 5.02 Å². The molecule has 130 valence electrons. The van der Waals surface area contributed by atoms with Gasteiger partial charge in [-0.05, 0) is 60.6 Å². The maximum Gasteiger partial charge on any atom is 0.220 e. The van der Waals surface area contributed by atoms with Gasteiger partial charge in [0.15, 0.2) is 0 Å². The van der Waals surface area contributed by atoms with Gasteiger partial charge in [-0.2, -0.15) is 0 Å². The highest BCUT2D eigenvalue weighted by Crippen LogP contribution is 2.21. The van der Waals surface area contributed by atoms with Gasteiger partial charge in [0.1, 0.15) is 0 Å². The Bertz CT molecular complexity index is 618. The van der Waals surface area contributed by atoms with Crippen LogP contribution in [-0.2, 0) is 11.2 Å². The smallest absolute Gasteiger partial charge is 0.220 e. The number of carbonyl (C=O) groups excluding carboxylic acids is 1. The second kappa shape index (κ2) is 11.2. The van der Waals surface area contributed by atoms with Crippen LogP contribution in [0.25, 0.3) is 0 Å². The van der Waals surface area contributed by atoms with Crippen LogP contribution < -0.4 is 11.1 Å². The van der Waals surface area contributed by atoms with Crippen molar-refractivity contribution in [2.75, 3.05) is 18.0 Å². The van der Waals surface area contributed by atoms with Gasteiger partial charge in [0.25, 0.3) is 0 Å². The van der Waals surface area contributed by atoms with Crippen molar-refractivity contribution in [3.8, 4) is 0 Å². The van der Waals surface area contributed by atoms with Crippen LogP contribution in [0.1, 0.15) is 18.4 Å². The van der Waals surface area contributed by atoms with E-state index in [2.05, 4.69) is 5.32 Å². The number of nitrogens with two attached hydrogens (primary N) is 1. The Kier molecular flexibility index (Phi) is 9.69. The molecule has 0 aliphatic heterocycles. The van der Waals surface area contributed by atoms with Crippen molar-refractivity contribution in [2.45, 2.75) is 24.2 Å². The number of nitrogen functional groups attached to an aromatic ring is 1. The zero-order valence-corrected chi connectivity index (χ0v) is 15.7. The van der Waals surface area contributed by atoms with Crippen LogP contribution in [-0.4, -0.2) is 18.2 Å². The zero-order chi connectivity index (χ0) is 16.5. The molecule has 0 fully saturated rings. The first-order chi connectivity index (χ1) is 11.1. The van der Waals surface area contributed by atoms with Gasteiger partial charge in [0, 0.05) is 28.6 Å². The highest BCUT2D eigenvalue weighted by atomic mass is 35.5. The Balaban J connectivity index is 0.00000288. The highest BCUT2D eigenvalue weighted by Gasteiger charge is 2.02. The van der Waals surface area contributed by atoms with E-state index in [0.717, 1.165) is 29.3 Å². The summed E-state index contributed by atoms with van der Waals surface area (Å²) in [5.41, 5.74) is 7.58. The number of anilines is 1. The van der Waals surface area contributed by atoms with Gasteiger partial charge in [0.05, 0.1) is 0 Å². The summed E-state index contributed by atoms with van der Waals surface area (Å²) >= 11 is 7.59. The summed E-state index contributed by atoms with van der Waals surface area (Å²) in [6.45, 7) is 0.660. The fourth-order valence-electron chi connectivity index (χ4n) is 2.07. The number of rotatable bonds is 8. The average molecular weight is 385 g/mol. The lowest BCUT2D eigenvalue weighted by molar-refractivity contribution is -0.121. The van der Waals surface area contributed by atoms with Crippen molar-refractivity contribution in [2.24, 2.45) is 0 Å². The standard InChI is InChI=1S/C18H21ClN2OS.ClH/c19-15-5-9-17(10-6-15)23-13-1-2-18(22)21-12-11-14-3-7-16(20)8-4-14;/h3-10H,1-2,11-13,20H2,(H,21,22);1H. The zero-order valence-electron chi connectivity index (χ0n) is 13.3. The van der Waals surface area contributed by atoms with Gasteiger partial charge in [-0.3, -0.25) is 4.79 Å². The number of hydrogen-bond donors (Lipinski definition) is 2. The predicted molar refractivity (Wildman–Crippen MR) is 106 cm³/mol. The molecule has 3 nitrogen and oxygen atoms in total. The molecule has 0 unspecified atom stereocenters. The molecule has 6 heteroatoms. The lowest BCUT2D eigenvalue weighted by Crippen LogP contribution is -2.25. The second-order valence-corrected chi connectivity index (χ2v) is 6.85. The lowest BCUT2D eigenvalue weighted by atomic mass is 10.1. The summed E-state index contributed by atoms with van der Waals surface area (Å²) in [6, 6.07) is 15.5. The van der Waals surface area contributed by atoms with Crippen molar-refractivity contribution in [1.29, 1.82) is 0 Å². The molecule has 0 spiro atoms. The van der Waals surface area contributed by atoms with Crippen LogP contribution in [0, 0.1) is 0 Å². The summed E-state index contributed by atoms with van der Waals surface area (Å²) in [5, 5.41) is 3.70. The van der Waals surface area contributed by atoms with Crippen molar-refractivity contribution < 1.29 is 4.79 Å². The van der Waals surface area contributed by atoms with E-state index in [1.165, 1.54) is 10.5 Å². The highest BCUT2D eigenvalue weighted by molar-refractivity contribution is 7.99. The van der Waals surface area contributed by atoms with E-state index < -0.39 is 0 Å². The number of thioether (sulfide) groups is 1. The van der Waals surface area contributed by atoms with Crippen LogP contribution in [0.3, 0.4) is 0 Å². The van der Waals surface area contributed by atoms with Crippen LogP contribution in [0.4, 0.5) is 5.69 Å². The fourth-order valence-corrected chi connectivity index (χ4v) is 3.05. The maximum atomic E-state index is 11.8. The summed E-state index contributed by atoms with van der Waals surface area (Å²) in [5.74, 6) is 1.03. The monoisotopic (exact) mass is 384 g/mol. The Labute approximate surface area is 158 Å². The topological polar surface area (TPSA) is 55.1 Å². The van der Waals surface area contributed by atoms with Gasteiger partial charge in [-0.15, -0.1) is 24.2 Å². The molecule has 0 radical (unpaired) electrons. The first kappa shape index (κ1) is 20.7. The molecule has 0 saturated heterocycles. The van der Waals surface area contributed by atoms with Crippen LogP contribution in [0.5, 0.6) is 0 Å². The number of hydrogen-bond acceptors (Lipinski definition) is 3. The summed E-state index contributed by atoms with van der Waals surface area (Å²) in [6.07, 6.45) is 2.24. The molecular formula is C18H22Cl2N2OS. The number of nitrogens with one attached hydrogen (secondary N) is 1. The molecule has 2 rings (SSSR count). The molecule has 2 aromatic rings. The first-order valence-electron chi connectivity index (χ1n) is 7.63. The lowest BCUT2D eigenvalue weighted by Gasteiger charge is -2.06. The summed E-state index contributed by atoms with van der Waals surface area (Å²) in [4.78, 5) is 13.0. The first-order valence-corrected chi connectivity index (χ1v) is 8.99. The number of benzene rings is 2. The Hall–Kier alpha value is -1.36. The van der Waals surface area contributed by atoms with Crippen molar-refractivity contribution in [3.63, 3.8) is 0 Å². The minimum atomic E-state index is 0. The number of carbonyl (C=O) groups is 1. The third-order valence-corrected chi connectivity index (χ3v) is 4.70. The molecule has 1 amide bonds. The van der Waals surface area contributed by atoms with E-state index in [1.54, 1.807) is 11.8 Å². The van der Waals surface area contributed by atoms with Gasteiger partial charge < -0.3 is 11.1 Å². The van der Waals surface area contributed by atoms with Crippen LogP contribution >= 0.6 is 35.8 Å². The van der Waals surface area contributed by atoms with E-state index in [9.17, 15) is 4.79 Å². The predicted octanol–water partition coefficient (Wildman–Crippen LogP) is 4.58. The number of halogens is 2. The minimum Gasteiger partial charge on any atom is -0.399 e. The largest absolute Gasteiger partial charge is 0.399 e. The molecule has 2 aromatic carbocycles. The second-order valence-electron chi connectivity index (χ2n) is 5.25. The molecule has 0 aromatic heterocycles. The quantitative estimate of drug-likeness (QED) is 0.397. The molecule has 24 heavy (non-hydrogen) atoms. The van der Waals surface area contributed by atoms with Crippen molar-refractivity contribution in [3.05, 3.63) is 59.1 Å². The number of amides is 1. The molecule has 0 aliphatic rings. The Morgan fingerprint density at radius 3 is 2.42 bits per heavy atom. The van der Waals surface area contributed by atoms with E-state index >= 15 is 0 Å². The minimum absolute atomic E-state index is 0. The molecule has 0 atom stereocenters. The third-order valence-electron chi connectivity index (χ3n) is 3.35. The van der Waals surface area contributed by atoms with E-state index in [0.29, 0.717) is 13.0 Å². The molecule has 0 bridgehead atoms. The van der Waals surface area contributed by atoms with E-state index in [4.69, 9.17) is 17.3 Å². The van der Waals surface area contributed by atoms with Crippen LogP contribution in [0.15, 0.2) is 53.4 Å². The van der Waals surface area contributed by atoms with Gasteiger partial charge >= 0.3 is 0 Å². The molecule has 0 saturated carbocycles. The van der Waals surface area contributed by atoms with E-state index in [-0.39, 0.29) is 18.3 Å². The Morgan fingerprint density at radius 1 is 1.08 bits per heavy atom. The molecule has 3 N–H and O–H groups in total. The van der Waals surface area contributed by atoms with Gasteiger partial charge in [-0.25, -0.2) is 0 Å². The van der Waals surface area contributed by atoms with Crippen molar-refractivity contribution in [1.82, 2.24) is 5.32 Å². The summed E-state index contributed by atoms with van der Waals surface area (Å²) in [7, 11) is 0. The molecular weight excluding hydrogens is 363 g/mol. The van der Waals surface area contributed by atoms with Gasteiger partial charge in [0.2, 0.25) is 5.91 Å². The maximum absolute atomic E-state index is 11.8. The fraction of sp³-hybridized carbons (Fsp3) is 0.278. The average Bonchev–Trinajstić information content (AvgIpc) is 2.55. The third kappa shape index (κ3) is 7.95. The Morgan fingerprint density at radius 2 is 1.75 bits per heavy atom.